The van der Waals surface area contributed by atoms with Crippen molar-refractivity contribution < 1.29 is 9.90 Å². The highest BCUT2D eigenvalue weighted by molar-refractivity contribution is 7.14. The SMILES string of the molecule is Cc1cccnc1N(C)C(Cn1nc(-c2cccc(O)c2)c2c(N)ncnc21)=Nc1scc(C)c1C=O. The zero-order valence-corrected chi connectivity index (χ0v) is 21.3. The van der Waals surface area contributed by atoms with E-state index in [1.807, 2.05) is 49.4 Å². The Morgan fingerprint density at radius 2 is 2.03 bits per heavy atom. The van der Waals surface area contributed by atoms with Crippen molar-refractivity contribution in [1.29, 1.82) is 0 Å². The number of nitrogens with two attached hydrogens (primary N) is 1. The van der Waals surface area contributed by atoms with Crippen LogP contribution in [0.1, 0.15) is 21.5 Å². The summed E-state index contributed by atoms with van der Waals surface area (Å²) in [6.07, 6.45) is 3.93. The first-order valence-electron chi connectivity index (χ1n) is 11.4. The lowest BCUT2D eigenvalue weighted by Gasteiger charge is -2.22. The summed E-state index contributed by atoms with van der Waals surface area (Å²) in [4.78, 5) is 31.7. The van der Waals surface area contributed by atoms with Gasteiger partial charge >= 0.3 is 0 Å². The first-order valence-corrected chi connectivity index (χ1v) is 12.3. The molecule has 4 heterocycles. The predicted octanol–water partition coefficient (Wildman–Crippen LogP) is 4.53. The number of rotatable bonds is 6. The number of hydrogen-bond acceptors (Lipinski definition) is 9. The number of pyridine rings is 1. The third kappa shape index (κ3) is 4.52. The van der Waals surface area contributed by atoms with E-state index in [0.717, 1.165) is 23.2 Å². The highest BCUT2D eigenvalue weighted by Crippen LogP contribution is 2.33. The van der Waals surface area contributed by atoms with Crippen molar-refractivity contribution >= 4 is 51.1 Å². The maximum absolute atomic E-state index is 11.8. The lowest BCUT2D eigenvalue weighted by molar-refractivity contribution is 0.112. The van der Waals surface area contributed by atoms with Crippen molar-refractivity contribution in [2.24, 2.45) is 4.99 Å². The second kappa shape index (κ2) is 9.78. The Hall–Kier alpha value is -4.64. The van der Waals surface area contributed by atoms with Crippen molar-refractivity contribution in [2.45, 2.75) is 20.4 Å². The number of nitrogen functional groups attached to an aromatic ring is 1. The molecule has 5 aromatic rings. The molecule has 1 aromatic carbocycles. The van der Waals surface area contributed by atoms with Crippen LogP contribution in [-0.2, 0) is 6.54 Å². The molecule has 0 radical (unpaired) electrons. The van der Waals surface area contributed by atoms with E-state index in [9.17, 15) is 9.90 Å². The Morgan fingerprint density at radius 1 is 1.19 bits per heavy atom. The number of aryl methyl sites for hydroxylation is 2. The summed E-state index contributed by atoms with van der Waals surface area (Å²) in [5.41, 5.74) is 10.4. The molecule has 0 atom stereocenters. The molecule has 0 aliphatic rings. The number of aliphatic imine (C=N–C) groups is 1. The van der Waals surface area contributed by atoms with E-state index < -0.39 is 0 Å². The Balaban J connectivity index is 1.68. The molecule has 4 aromatic heterocycles. The number of aldehydes is 1. The molecule has 3 N–H and O–H groups in total. The maximum Gasteiger partial charge on any atom is 0.164 e. The Morgan fingerprint density at radius 3 is 2.78 bits per heavy atom. The molecule has 0 spiro atoms. The molecule has 0 unspecified atom stereocenters. The summed E-state index contributed by atoms with van der Waals surface area (Å²) in [6, 6.07) is 10.6. The molecule has 0 fully saturated rings. The zero-order chi connectivity index (χ0) is 26.1. The summed E-state index contributed by atoms with van der Waals surface area (Å²) < 4.78 is 1.70. The third-order valence-electron chi connectivity index (χ3n) is 6.01. The number of aromatic hydroxyl groups is 1. The van der Waals surface area contributed by atoms with Gasteiger partial charge in [0.15, 0.2) is 11.9 Å². The molecular weight excluding hydrogens is 488 g/mol. The van der Waals surface area contributed by atoms with Crippen LogP contribution in [0.2, 0.25) is 0 Å². The molecule has 0 saturated carbocycles. The summed E-state index contributed by atoms with van der Waals surface area (Å²) in [5, 5.41) is 17.9. The number of amidine groups is 1. The van der Waals surface area contributed by atoms with Crippen LogP contribution in [0.15, 0.2) is 59.3 Å². The molecule has 10 nitrogen and oxygen atoms in total. The average molecular weight is 513 g/mol. The molecule has 0 bridgehead atoms. The number of phenolic OH excluding ortho intramolecular Hbond substituents is 1. The second-order valence-corrected chi connectivity index (χ2v) is 9.36. The first kappa shape index (κ1) is 24.1. The van der Waals surface area contributed by atoms with Crippen LogP contribution in [0.4, 0.5) is 16.6 Å². The Labute approximate surface area is 216 Å². The number of aromatic nitrogens is 5. The lowest BCUT2D eigenvalue weighted by atomic mass is 10.1. The minimum atomic E-state index is 0.109. The number of hydrogen-bond donors (Lipinski definition) is 2. The summed E-state index contributed by atoms with van der Waals surface area (Å²) in [6.45, 7) is 4.06. The van der Waals surface area contributed by atoms with Gasteiger partial charge in [0.2, 0.25) is 0 Å². The van der Waals surface area contributed by atoms with Gasteiger partial charge in [-0.1, -0.05) is 18.2 Å². The van der Waals surface area contributed by atoms with E-state index in [1.165, 1.54) is 17.7 Å². The van der Waals surface area contributed by atoms with E-state index in [-0.39, 0.29) is 18.1 Å². The van der Waals surface area contributed by atoms with Gasteiger partial charge in [0.25, 0.3) is 0 Å². The number of likely N-dealkylation sites (N-methyl/N-ethyl adjacent to an activating group) is 1. The Kier molecular flexibility index (Phi) is 6.36. The fourth-order valence-corrected chi connectivity index (χ4v) is 4.99. The van der Waals surface area contributed by atoms with Crippen LogP contribution in [0.25, 0.3) is 22.3 Å². The molecule has 0 amide bonds. The van der Waals surface area contributed by atoms with Gasteiger partial charge in [0, 0.05) is 18.8 Å². The van der Waals surface area contributed by atoms with E-state index in [1.54, 1.807) is 29.1 Å². The van der Waals surface area contributed by atoms with Crippen molar-refractivity contribution in [3.8, 4) is 17.0 Å². The average Bonchev–Trinajstić information content (AvgIpc) is 3.44. The van der Waals surface area contributed by atoms with Crippen molar-refractivity contribution in [2.75, 3.05) is 17.7 Å². The van der Waals surface area contributed by atoms with Crippen molar-refractivity contribution in [3.05, 3.63) is 71.0 Å². The van der Waals surface area contributed by atoms with Gasteiger partial charge in [0.1, 0.15) is 46.8 Å². The normalized spacial score (nSPS) is 11.7. The van der Waals surface area contributed by atoms with Gasteiger partial charge < -0.3 is 15.7 Å². The number of thiophene rings is 1. The summed E-state index contributed by atoms with van der Waals surface area (Å²) in [7, 11) is 1.88. The number of nitrogens with zero attached hydrogens (tertiary/aromatic N) is 7. The van der Waals surface area contributed by atoms with Crippen LogP contribution in [0.5, 0.6) is 5.75 Å². The van der Waals surface area contributed by atoms with Gasteiger partial charge in [-0.05, 0) is 48.6 Å². The minimum absolute atomic E-state index is 0.109. The highest BCUT2D eigenvalue weighted by atomic mass is 32.1. The topological polar surface area (TPSA) is 135 Å². The van der Waals surface area contributed by atoms with Gasteiger partial charge in [0.05, 0.1) is 10.9 Å². The summed E-state index contributed by atoms with van der Waals surface area (Å²) in [5.74, 6) is 1.70. The van der Waals surface area contributed by atoms with E-state index in [4.69, 9.17) is 15.8 Å². The Bertz CT molecular complexity index is 1660. The number of carbonyl (C=O) groups excluding carboxylic acids is 1. The molecular formula is C26H24N8O2S. The van der Waals surface area contributed by atoms with Crippen LogP contribution >= 0.6 is 11.3 Å². The molecule has 0 saturated heterocycles. The molecule has 5 rings (SSSR count). The smallest absolute Gasteiger partial charge is 0.164 e. The quantitative estimate of drug-likeness (QED) is 0.192. The molecule has 11 heteroatoms. The standard InChI is InChI=1S/C26H24N8O2S/c1-15-6-5-9-28-24(15)33(3)20(31-26-19(12-35)16(2)13-37-26)11-34-25-21(23(27)29-14-30-25)22(32-34)17-7-4-8-18(36)10-17/h4-10,12-14,36H,11H2,1-3H3,(H2,27,29,30). The first-order chi connectivity index (χ1) is 17.9. The fraction of sp³-hybridized carbons (Fsp3) is 0.154. The number of phenols is 1. The zero-order valence-electron chi connectivity index (χ0n) is 20.5. The maximum atomic E-state index is 11.8. The number of anilines is 2. The molecule has 37 heavy (non-hydrogen) atoms. The van der Waals surface area contributed by atoms with E-state index in [2.05, 4.69) is 15.0 Å². The van der Waals surface area contributed by atoms with Gasteiger partial charge in [-0.15, -0.1) is 11.3 Å². The molecule has 186 valence electrons. The second-order valence-electron chi connectivity index (χ2n) is 8.50. The number of fused-ring (bicyclic) bond motifs is 1. The van der Waals surface area contributed by atoms with Gasteiger partial charge in [-0.25, -0.2) is 24.6 Å². The van der Waals surface area contributed by atoms with Crippen LogP contribution in [0, 0.1) is 13.8 Å². The van der Waals surface area contributed by atoms with Gasteiger partial charge in [-0.3, -0.25) is 4.79 Å². The van der Waals surface area contributed by atoms with E-state index in [0.29, 0.717) is 38.7 Å². The number of benzene rings is 1. The van der Waals surface area contributed by atoms with Crippen LogP contribution < -0.4 is 10.6 Å². The highest BCUT2D eigenvalue weighted by Gasteiger charge is 2.21. The monoisotopic (exact) mass is 512 g/mol. The van der Waals surface area contributed by atoms with E-state index >= 15 is 0 Å². The fourth-order valence-electron chi connectivity index (χ4n) is 4.08. The van der Waals surface area contributed by atoms with Crippen molar-refractivity contribution in [3.63, 3.8) is 0 Å². The van der Waals surface area contributed by atoms with Crippen molar-refractivity contribution in [1.82, 2.24) is 24.7 Å². The molecule has 0 aliphatic heterocycles. The predicted molar refractivity (Wildman–Crippen MR) is 146 cm³/mol. The van der Waals surface area contributed by atoms with Crippen LogP contribution in [-0.4, -0.2) is 49.0 Å². The largest absolute Gasteiger partial charge is 0.508 e. The number of carbonyl (C=O) groups is 1. The van der Waals surface area contributed by atoms with Crippen LogP contribution in [0.3, 0.4) is 0 Å². The lowest BCUT2D eigenvalue weighted by Crippen LogP contribution is -2.32. The third-order valence-corrected chi connectivity index (χ3v) is 7.01. The van der Waals surface area contributed by atoms with Gasteiger partial charge in [-0.2, -0.15) is 5.10 Å². The molecule has 0 aliphatic carbocycles. The summed E-state index contributed by atoms with van der Waals surface area (Å²) >= 11 is 1.40. The minimum Gasteiger partial charge on any atom is -0.508 e.